The molecule has 1 aliphatic rings. The van der Waals surface area contributed by atoms with Gasteiger partial charge in [0.1, 0.15) is 5.75 Å². The van der Waals surface area contributed by atoms with Gasteiger partial charge in [-0.15, -0.1) is 0 Å². The van der Waals surface area contributed by atoms with Crippen molar-refractivity contribution in [1.29, 1.82) is 0 Å². The number of hydrogen-bond acceptors (Lipinski definition) is 5. The van der Waals surface area contributed by atoms with Crippen LogP contribution in [0.3, 0.4) is 0 Å². The van der Waals surface area contributed by atoms with Gasteiger partial charge in [0, 0.05) is 5.92 Å². The quantitative estimate of drug-likeness (QED) is 0.783. The van der Waals surface area contributed by atoms with Gasteiger partial charge in [-0.3, -0.25) is 4.79 Å². The fourth-order valence-corrected chi connectivity index (χ4v) is 2.02. The minimum atomic E-state index is -0.0205. The van der Waals surface area contributed by atoms with Crippen LogP contribution >= 0.6 is 0 Å². The van der Waals surface area contributed by atoms with Gasteiger partial charge in [-0.1, -0.05) is 16.8 Å². The van der Waals surface area contributed by atoms with Gasteiger partial charge < -0.3 is 9.26 Å². The Bertz CT molecular complexity index is 644. The van der Waals surface area contributed by atoms with Crippen molar-refractivity contribution >= 4 is 5.78 Å². The average Bonchev–Trinajstić information content (AvgIpc) is 3.17. The molecule has 3 rings (SSSR count). The summed E-state index contributed by atoms with van der Waals surface area (Å²) >= 11 is 0. The highest BCUT2D eigenvalue weighted by atomic mass is 16.5. The van der Waals surface area contributed by atoms with E-state index in [4.69, 9.17) is 9.26 Å². The SMILES string of the molecule is CC(=O)c1cc(C)ccc1OCc1nc(C2CC2)no1. The summed E-state index contributed by atoms with van der Waals surface area (Å²) in [5, 5.41) is 3.93. The van der Waals surface area contributed by atoms with Gasteiger partial charge in [0.25, 0.3) is 5.89 Å². The molecule has 1 aromatic carbocycles. The lowest BCUT2D eigenvalue weighted by molar-refractivity contribution is 0.101. The Morgan fingerprint density at radius 3 is 2.95 bits per heavy atom. The van der Waals surface area contributed by atoms with Crippen molar-refractivity contribution in [3.05, 3.63) is 41.0 Å². The number of nitrogens with zero attached hydrogens (tertiary/aromatic N) is 2. The van der Waals surface area contributed by atoms with Gasteiger partial charge >= 0.3 is 0 Å². The lowest BCUT2D eigenvalue weighted by Crippen LogP contribution is -2.02. The fraction of sp³-hybridized carbons (Fsp3) is 0.400. The molecule has 0 aliphatic heterocycles. The molecule has 0 bridgehead atoms. The van der Waals surface area contributed by atoms with Gasteiger partial charge in [-0.05, 0) is 38.8 Å². The number of hydrogen-bond donors (Lipinski definition) is 0. The maximum Gasteiger partial charge on any atom is 0.264 e. The Kier molecular flexibility index (Phi) is 3.26. The molecular weight excluding hydrogens is 256 g/mol. The molecule has 5 nitrogen and oxygen atoms in total. The lowest BCUT2D eigenvalue weighted by Gasteiger charge is -2.08. The molecule has 20 heavy (non-hydrogen) atoms. The number of carbonyl (C=O) groups is 1. The highest BCUT2D eigenvalue weighted by molar-refractivity contribution is 5.97. The molecule has 104 valence electrons. The maximum atomic E-state index is 11.6. The largest absolute Gasteiger partial charge is 0.483 e. The third kappa shape index (κ3) is 2.71. The van der Waals surface area contributed by atoms with E-state index in [0.717, 1.165) is 24.2 Å². The van der Waals surface area contributed by atoms with Crippen LogP contribution < -0.4 is 4.74 Å². The topological polar surface area (TPSA) is 65.2 Å². The summed E-state index contributed by atoms with van der Waals surface area (Å²) < 4.78 is 10.8. The number of rotatable bonds is 5. The first-order chi connectivity index (χ1) is 9.63. The number of ether oxygens (including phenoxy) is 1. The van der Waals surface area contributed by atoms with Crippen LogP contribution in [0.4, 0.5) is 0 Å². The molecule has 1 aliphatic carbocycles. The second-order valence-corrected chi connectivity index (χ2v) is 5.17. The summed E-state index contributed by atoms with van der Waals surface area (Å²) in [6.07, 6.45) is 2.26. The van der Waals surface area contributed by atoms with E-state index in [0.29, 0.717) is 23.1 Å². The van der Waals surface area contributed by atoms with Crippen molar-refractivity contribution in [2.75, 3.05) is 0 Å². The molecule has 2 aromatic rings. The Hall–Kier alpha value is -2.17. The second-order valence-electron chi connectivity index (χ2n) is 5.17. The molecule has 0 N–H and O–H groups in total. The minimum absolute atomic E-state index is 0.0205. The average molecular weight is 272 g/mol. The first kappa shape index (κ1) is 12.8. The predicted molar refractivity (Wildman–Crippen MR) is 71.8 cm³/mol. The number of carbonyl (C=O) groups excluding carboxylic acids is 1. The molecule has 0 radical (unpaired) electrons. The summed E-state index contributed by atoms with van der Waals surface area (Å²) in [7, 11) is 0. The number of aromatic nitrogens is 2. The zero-order chi connectivity index (χ0) is 14.1. The van der Waals surface area contributed by atoms with Crippen LogP contribution in [0.2, 0.25) is 0 Å². The Morgan fingerprint density at radius 1 is 1.45 bits per heavy atom. The molecule has 0 saturated heterocycles. The number of benzene rings is 1. The van der Waals surface area contributed by atoms with Crippen LogP contribution in [0.1, 0.15) is 53.3 Å². The van der Waals surface area contributed by atoms with E-state index in [9.17, 15) is 4.79 Å². The molecular formula is C15H16N2O3. The van der Waals surface area contributed by atoms with Crippen LogP contribution in [0.15, 0.2) is 22.7 Å². The highest BCUT2D eigenvalue weighted by Crippen LogP contribution is 2.38. The number of ketones is 1. The summed E-state index contributed by atoms with van der Waals surface area (Å²) in [5.41, 5.74) is 1.60. The molecule has 0 spiro atoms. The third-order valence-corrected chi connectivity index (χ3v) is 3.29. The van der Waals surface area contributed by atoms with Crippen molar-refractivity contribution in [1.82, 2.24) is 10.1 Å². The highest BCUT2D eigenvalue weighted by Gasteiger charge is 2.28. The van der Waals surface area contributed by atoms with E-state index in [2.05, 4.69) is 10.1 Å². The van der Waals surface area contributed by atoms with Gasteiger partial charge in [0.15, 0.2) is 18.2 Å². The summed E-state index contributed by atoms with van der Waals surface area (Å²) in [4.78, 5) is 15.9. The van der Waals surface area contributed by atoms with E-state index in [1.807, 2.05) is 19.1 Å². The van der Waals surface area contributed by atoms with Gasteiger partial charge in [-0.2, -0.15) is 4.98 Å². The standard InChI is InChI=1S/C15H16N2O3/c1-9-3-6-13(12(7-9)10(2)18)19-8-14-16-15(17-20-14)11-4-5-11/h3,6-7,11H,4-5,8H2,1-2H3. The predicted octanol–water partition coefficient (Wildman–Crippen LogP) is 3.04. The first-order valence-corrected chi connectivity index (χ1v) is 6.70. The molecule has 0 unspecified atom stereocenters. The first-order valence-electron chi connectivity index (χ1n) is 6.70. The lowest BCUT2D eigenvalue weighted by atomic mass is 10.1. The smallest absolute Gasteiger partial charge is 0.264 e. The molecule has 1 saturated carbocycles. The van der Waals surface area contributed by atoms with E-state index in [1.54, 1.807) is 6.07 Å². The van der Waals surface area contributed by atoms with Crippen LogP contribution in [0.5, 0.6) is 5.75 Å². The van der Waals surface area contributed by atoms with Crippen molar-refractivity contribution in [3.8, 4) is 5.75 Å². The van der Waals surface area contributed by atoms with Crippen molar-refractivity contribution in [2.45, 2.75) is 39.2 Å². The van der Waals surface area contributed by atoms with Crippen LogP contribution in [-0.2, 0) is 6.61 Å². The zero-order valence-electron chi connectivity index (χ0n) is 11.5. The van der Waals surface area contributed by atoms with E-state index >= 15 is 0 Å². The Balaban J connectivity index is 1.72. The molecule has 5 heteroatoms. The normalized spacial score (nSPS) is 14.3. The van der Waals surface area contributed by atoms with Gasteiger partial charge in [0.05, 0.1) is 5.56 Å². The summed E-state index contributed by atoms with van der Waals surface area (Å²) in [6.45, 7) is 3.65. The minimum Gasteiger partial charge on any atom is -0.483 e. The molecule has 0 amide bonds. The number of Topliss-reactive ketones (excluding diaryl/α,β-unsaturated/α-hetero) is 1. The summed E-state index contributed by atoms with van der Waals surface area (Å²) in [5.74, 6) is 2.20. The monoisotopic (exact) mass is 272 g/mol. The van der Waals surface area contributed by atoms with Crippen LogP contribution in [-0.4, -0.2) is 15.9 Å². The van der Waals surface area contributed by atoms with Crippen LogP contribution in [0.25, 0.3) is 0 Å². The van der Waals surface area contributed by atoms with Crippen LogP contribution in [0, 0.1) is 6.92 Å². The van der Waals surface area contributed by atoms with Gasteiger partial charge in [0.2, 0.25) is 0 Å². The Morgan fingerprint density at radius 2 is 2.25 bits per heavy atom. The van der Waals surface area contributed by atoms with E-state index < -0.39 is 0 Å². The maximum absolute atomic E-state index is 11.6. The van der Waals surface area contributed by atoms with Crippen molar-refractivity contribution in [2.24, 2.45) is 0 Å². The second kappa shape index (κ2) is 5.07. The molecule has 1 aromatic heterocycles. The molecule has 1 fully saturated rings. The van der Waals surface area contributed by atoms with E-state index in [1.165, 1.54) is 6.92 Å². The van der Waals surface area contributed by atoms with Gasteiger partial charge in [-0.25, -0.2) is 0 Å². The van der Waals surface area contributed by atoms with Crippen molar-refractivity contribution in [3.63, 3.8) is 0 Å². The molecule has 0 atom stereocenters. The summed E-state index contributed by atoms with van der Waals surface area (Å²) in [6, 6.07) is 5.52. The zero-order valence-corrected chi connectivity index (χ0v) is 11.5. The third-order valence-electron chi connectivity index (χ3n) is 3.29. The molecule has 1 heterocycles. The van der Waals surface area contributed by atoms with Crippen molar-refractivity contribution < 1.29 is 14.1 Å². The number of aryl methyl sites for hydroxylation is 1. The fourth-order valence-electron chi connectivity index (χ4n) is 2.02. The van der Waals surface area contributed by atoms with E-state index in [-0.39, 0.29) is 12.4 Å². The Labute approximate surface area is 116 Å².